The molecule has 0 saturated carbocycles. The summed E-state index contributed by atoms with van der Waals surface area (Å²) in [7, 11) is 1.53. The van der Waals surface area contributed by atoms with Crippen LogP contribution in [0, 0.1) is 0 Å². The van der Waals surface area contributed by atoms with Crippen LogP contribution in [0.1, 0.15) is 0 Å². The number of carbonyl (C=O) groups excluding carboxylic acids is 2. The van der Waals surface area contributed by atoms with Gasteiger partial charge in [-0.1, -0.05) is 15.9 Å². The number of nitrogens with one attached hydrogen (secondary N) is 2. The molecule has 3 amide bonds. The Morgan fingerprint density at radius 3 is 2.85 bits per heavy atom. The van der Waals surface area contributed by atoms with E-state index < -0.39 is 6.03 Å². The Hall–Kier alpha value is -1.25. The molecule has 0 unspecified atom stereocenters. The first-order valence-electron chi connectivity index (χ1n) is 5.77. The molecular weight excluding hydrogens is 346 g/mol. The molecule has 0 aliphatic heterocycles. The fourth-order valence-electron chi connectivity index (χ4n) is 1.27. The highest BCUT2D eigenvalue weighted by Crippen LogP contribution is 2.27. The van der Waals surface area contributed by atoms with E-state index in [1.807, 2.05) is 12.1 Å². The summed E-state index contributed by atoms with van der Waals surface area (Å²) in [6, 6.07) is 4.89. The minimum Gasteiger partial charge on any atom is -0.398 e. The average Bonchev–Trinajstić information content (AvgIpc) is 2.38. The molecule has 20 heavy (non-hydrogen) atoms. The molecule has 0 atom stereocenters. The number of benzene rings is 1. The molecule has 1 rings (SSSR count). The van der Waals surface area contributed by atoms with Gasteiger partial charge in [-0.3, -0.25) is 10.1 Å². The van der Waals surface area contributed by atoms with Gasteiger partial charge in [0.05, 0.1) is 12.4 Å². The van der Waals surface area contributed by atoms with Crippen molar-refractivity contribution in [3.05, 3.63) is 22.7 Å². The maximum Gasteiger partial charge on any atom is 0.321 e. The first-order valence-corrected chi connectivity index (χ1v) is 7.55. The monoisotopic (exact) mass is 361 g/mol. The molecule has 0 saturated heterocycles. The first kappa shape index (κ1) is 16.8. The van der Waals surface area contributed by atoms with Crippen LogP contribution in [0.15, 0.2) is 27.6 Å². The molecule has 0 aliphatic carbocycles. The third-order valence-electron chi connectivity index (χ3n) is 2.18. The van der Waals surface area contributed by atoms with Crippen LogP contribution in [0.3, 0.4) is 0 Å². The van der Waals surface area contributed by atoms with Crippen molar-refractivity contribution in [3.8, 4) is 0 Å². The summed E-state index contributed by atoms with van der Waals surface area (Å²) in [6.07, 6.45) is 0. The van der Waals surface area contributed by atoms with E-state index in [0.29, 0.717) is 18.8 Å². The largest absolute Gasteiger partial charge is 0.398 e. The van der Waals surface area contributed by atoms with Gasteiger partial charge >= 0.3 is 6.03 Å². The zero-order chi connectivity index (χ0) is 15.0. The molecule has 1 aromatic carbocycles. The molecule has 110 valence electrons. The van der Waals surface area contributed by atoms with Crippen molar-refractivity contribution < 1.29 is 14.3 Å². The minimum atomic E-state index is -0.531. The highest BCUT2D eigenvalue weighted by atomic mass is 79.9. The number of amides is 3. The third kappa shape index (κ3) is 6.27. The van der Waals surface area contributed by atoms with Gasteiger partial charge in [0.2, 0.25) is 5.91 Å². The lowest BCUT2D eigenvalue weighted by atomic mass is 10.3. The Kier molecular flexibility index (Phi) is 7.42. The van der Waals surface area contributed by atoms with E-state index >= 15 is 0 Å². The van der Waals surface area contributed by atoms with Crippen molar-refractivity contribution in [2.75, 3.05) is 31.7 Å². The van der Waals surface area contributed by atoms with E-state index in [2.05, 4.69) is 26.6 Å². The van der Waals surface area contributed by atoms with Crippen LogP contribution >= 0.6 is 27.7 Å². The predicted molar refractivity (Wildman–Crippen MR) is 82.7 cm³/mol. The number of ether oxygens (including phenoxy) is 1. The van der Waals surface area contributed by atoms with E-state index in [1.165, 1.54) is 18.9 Å². The van der Waals surface area contributed by atoms with Gasteiger partial charge in [-0.05, 0) is 18.2 Å². The lowest BCUT2D eigenvalue weighted by molar-refractivity contribution is -0.117. The molecule has 0 spiro atoms. The van der Waals surface area contributed by atoms with Crippen LogP contribution < -0.4 is 16.4 Å². The molecule has 0 radical (unpaired) electrons. The maximum atomic E-state index is 11.6. The summed E-state index contributed by atoms with van der Waals surface area (Å²) >= 11 is 4.58. The first-order chi connectivity index (χ1) is 9.52. The molecule has 6 nitrogen and oxygen atoms in total. The lowest BCUT2D eigenvalue weighted by Gasteiger charge is -2.07. The second-order valence-electron chi connectivity index (χ2n) is 3.77. The normalized spacial score (nSPS) is 10.1. The van der Waals surface area contributed by atoms with E-state index in [0.717, 1.165) is 9.37 Å². The highest BCUT2D eigenvalue weighted by molar-refractivity contribution is 9.10. The second-order valence-corrected chi connectivity index (χ2v) is 5.70. The quantitative estimate of drug-likeness (QED) is 0.406. The van der Waals surface area contributed by atoms with Gasteiger partial charge in [0.15, 0.2) is 0 Å². The molecule has 1 aromatic rings. The Morgan fingerprint density at radius 2 is 2.20 bits per heavy atom. The van der Waals surface area contributed by atoms with Crippen LogP contribution in [-0.2, 0) is 9.53 Å². The van der Waals surface area contributed by atoms with Crippen molar-refractivity contribution in [1.29, 1.82) is 0 Å². The number of nitrogens with two attached hydrogens (primary N) is 1. The summed E-state index contributed by atoms with van der Waals surface area (Å²) in [6.45, 7) is 0.744. The number of halogens is 1. The van der Waals surface area contributed by atoms with Gasteiger partial charge in [-0.25, -0.2) is 4.79 Å². The molecule has 0 fully saturated rings. The van der Waals surface area contributed by atoms with E-state index in [4.69, 9.17) is 10.5 Å². The molecule has 0 aliphatic rings. The summed E-state index contributed by atoms with van der Waals surface area (Å²) in [5.74, 6) is -0.268. The molecule has 0 heterocycles. The highest BCUT2D eigenvalue weighted by Gasteiger charge is 2.09. The zero-order valence-electron chi connectivity index (χ0n) is 10.9. The maximum absolute atomic E-state index is 11.6. The van der Waals surface area contributed by atoms with Crippen molar-refractivity contribution >= 4 is 45.3 Å². The summed E-state index contributed by atoms with van der Waals surface area (Å²) < 4.78 is 5.65. The number of urea groups is 1. The second kappa shape index (κ2) is 8.83. The average molecular weight is 362 g/mol. The Balaban J connectivity index is 2.34. The van der Waals surface area contributed by atoms with Crippen molar-refractivity contribution in [3.63, 3.8) is 0 Å². The number of carbonyl (C=O) groups is 2. The van der Waals surface area contributed by atoms with Gasteiger partial charge < -0.3 is 15.8 Å². The smallest absolute Gasteiger partial charge is 0.321 e. The van der Waals surface area contributed by atoms with Crippen LogP contribution in [0.5, 0.6) is 0 Å². The Bertz CT molecular complexity index is 485. The third-order valence-corrected chi connectivity index (χ3v) is 3.76. The molecule has 8 heteroatoms. The van der Waals surface area contributed by atoms with Gasteiger partial charge in [0.1, 0.15) is 0 Å². The number of thioether (sulfide) groups is 1. The van der Waals surface area contributed by atoms with Crippen LogP contribution in [0.25, 0.3) is 0 Å². The van der Waals surface area contributed by atoms with Gasteiger partial charge in [-0.2, -0.15) is 0 Å². The van der Waals surface area contributed by atoms with E-state index in [-0.39, 0.29) is 11.7 Å². The molecule has 4 N–H and O–H groups in total. The van der Waals surface area contributed by atoms with Gasteiger partial charge in [-0.15, -0.1) is 11.8 Å². The number of hydrogen-bond donors (Lipinski definition) is 3. The number of anilines is 1. The number of hydrogen-bond acceptors (Lipinski definition) is 5. The van der Waals surface area contributed by atoms with Gasteiger partial charge in [0.25, 0.3) is 0 Å². The van der Waals surface area contributed by atoms with Crippen LogP contribution in [0.2, 0.25) is 0 Å². The molecule has 0 bridgehead atoms. The van der Waals surface area contributed by atoms with Crippen LogP contribution in [0.4, 0.5) is 10.5 Å². The van der Waals surface area contributed by atoms with Crippen LogP contribution in [-0.4, -0.2) is 38.0 Å². The lowest BCUT2D eigenvalue weighted by Crippen LogP contribution is -2.41. The zero-order valence-corrected chi connectivity index (χ0v) is 13.3. The van der Waals surface area contributed by atoms with Gasteiger partial charge in [0, 0.05) is 28.7 Å². The Labute approximate surface area is 129 Å². The van der Waals surface area contributed by atoms with Crippen molar-refractivity contribution in [2.24, 2.45) is 0 Å². The van der Waals surface area contributed by atoms with Crippen molar-refractivity contribution in [1.82, 2.24) is 10.6 Å². The van der Waals surface area contributed by atoms with Crippen molar-refractivity contribution in [2.45, 2.75) is 4.90 Å². The minimum absolute atomic E-state index is 0.115. The Morgan fingerprint density at radius 1 is 1.45 bits per heavy atom. The SMILES string of the molecule is COCCNC(=O)NC(=O)CSc1ccc(Br)cc1N. The number of imide groups is 1. The number of nitrogen functional groups attached to an aromatic ring is 1. The topological polar surface area (TPSA) is 93.5 Å². The number of rotatable bonds is 6. The predicted octanol–water partition coefficient (Wildman–Crippen LogP) is 1.60. The fraction of sp³-hybridized carbons (Fsp3) is 0.333. The summed E-state index contributed by atoms with van der Waals surface area (Å²) in [5, 5.41) is 4.72. The summed E-state index contributed by atoms with van der Waals surface area (Å²) in [4.78, 5) is 23.7. The standard InChI is InChI=1S/C12H16BrN3O3S/c1-19-5-4-15-12(18)16-11(17)7-20-10-3-2-8(13)6-9(10)14/h2-3,6H,4-5,7,14H2,1H3,(H2,15,16,17,18). The fourth-order valence-corrected chi connectivity index (χ4v) is 2.40. The molecule has 0 aromatic heterocycles. The van der Waals surface area contributed by atoms with E-state index in [1.54, 1.807) is 6.07 Å². The number of methoxy groups -OCH3 is 1. The van der Waals surface area contributed by atoms with E-state index in [9.17, 15) is 9.59 Å². The molecular formula is C12H16BrN3O3S. The summed E-state index contributed by atoms with van der Waals surface area (Å²) in [5.41, 5.74) is 6.40.